The average molecular weight is 576 g/mol. The number of carbonyl (C=O) groups excluding carboxylic acids is 2. The molecule has 0 aliphatic heterocycles. The van der Waals surface area contributed by atoms with Crippen LogP contribution in [-0.4, -0.2) is 32.2 Å². The van der Waals surface area contributed by atoms with Crippen LogP contribution in [-0.2, 0) is 32.0 Å². The highest BCUT2D eigenvalue weighted by Gasteiger charge is 2.30. The summed E-state index contributed by atoms with van der Waals surface area (Å²) in [6.45, 7) is 3.72. The minimum Gasteiger partial charge on any atom is -0.469 e. The van der Waals surface area contributed by atoms with Gasteiger partial charge in [-0.2, -0.15) is 0 Å². The lowest BCUT2D eigenvalue weighted by Crippen LogP contribution is -2.26. The van der Waals surface area contributed by atoms with Gasteiger partial charge in [-0.05, 0) is 70.3 Å². The van der Waals surface area contributed by atoms with Gasteiger partial charge < -0.3 is 14.8 Å². The van der Waals surface area contributed by atoms with Crippen LogP contribution in [0.1, 0.15) is 60.8 Å². The van der Waals surface area contributed by atoms with Crippen molar-refractivity contribution in [3.05, 3.63) is 119 Å². The third kappa shape index (κ3) is 7.60. The number of ether oxygens (including phenoxy) is 2. The quantitative estimate of drug-likeness (QED) is 0.123. The van der Waals surface area contributed by atoms with Gasteiger partial charge in [-0.3, -0.25) is 9.59 Å². The molecule has 0 fully saturated rings. The fourth-order valence-electron chi connectivity index (χ4n) is 5.91. The van der Waals surface area contributed by atoms with Gasteiger partial charge in [0, 0.05) is 12.5 Å². The lowest BCUT2D eigenvalue weighted by Gasteiger charge is -2.17. The predicted molar refractivity (Wildman–Crippen MR) is 172 cm³/mol. The summed E-state index contributed by atoms with van der Waals surface area (Å²) in [7, 11) is 1.36. The normalized spacial score (nSPS) is 12.8. The molecule has 0 bridgehead atoms. The molecule has 0 aromatic heterocycles. The van der Waals surface area contributed by atoms with E-state index in [1.807, 2.05) is 24.3 Å². The Balaban J connectivity index is 1.09. The van der Waals surface area contributed by atoms with Gasteiger partial charge in [0.2, 0.25) is 0 Å². The van der Waals surface area contributed by atoms with Crippen molar-refractivity contribution in [2.45, 2.75) is 51.5 Å². The molecule has 0 radical (unpaired) electrons. The first-order chi connectivity index (χ1) is 21.1. The van der Waals surface area contributed by atoms with Crippen molar-refractivity contribution in [1.82, 2.24) is 5.32 Å². The van der Waals surface area contributed by atoms with E-state index in [4.69, 9.17) is 9.47 Å². The topological polar surface area (TPSA) is 64.6 Å². The van der Waals surface area contributed by atoms with Crippen LogP contribution in [0, 0.1) is 5.92 Å². The number of hydrogen-bond donors (Lipinski definition) is 1. The molecule has 0 spiro atoms. The molecule has 0 saturated carbocycles. The van der Waals surface area contributed by atoms with Crippen LogP contribution in [0.25, 0.3) is 22.3 Å². The Bertz CT molecular complexity index is 1460. The maximum Gasteiger partial charge on any atom is 0.309 e. The summed E-state index contributed by atoms with van der Waals surface area (Å²) in [6, 6.07) is 33.9. The summed E-state index contributed by atoms with van der Waals surface area (Å²) >= 11 is 0. The average Bonchev–Trinajstić information content (AvgIpc) is 3.38. The van der Waals surface area contributed by atoms with Crippen molar-refractivity contribution in [3.63, 3.8) is 0 Å². The first-order valence-electron chi connectivity index (χ1n) is 15.4. The van der Waals surface area contributed by atoms with Crippen molar-refractivity contribution in [3.8, 4) is 22.3 Å². The van der Waals surface area contributed by atoms with Gasteiger partial charge in [0.1, 0.15) is 6.61 Å². The zero-order valence-electron chi connectivity index (χ0n) is 25.2. The number of nitrogens with one attached hydrogen (secondary N) is 1. The Kier molecular flexibility index (Phi) is 10.4. The van der Waals surface area contributed by atoms with Crippen molar-refractivity contribution in [1.29, 1.82) is 0 Å². The number of rotatable bonds is 14. The zero-order chi connectivity index (χ0) is 30.0. The number of aryl methyl sites for hydroxylation is 1. The van der Waals surface area contributed by atoms with E-state index < -0.39 is 5.92 Å². The molecule has 1 N–H and O–H groups in total. The van der Waals surface area contributed by atoms with E-state index in [0.29, 0.717) is 19.5 Å². The lowest BCUT2D eigenvalue weighted by molar-refractivity contribution is -0.153. The third-order valence-electron chi connectivity index (χ3n) is 8.38. The standard InChI is InChI=1S/C38H41NO4/c1-3-4-9-27-14-18-29(19-15-27)30-20-16-28(17-21-30)25-39-23-22-31(38(41)42-2)24-37(40)43-26-36-34-12-7-5-10-32(34)33-11-6-8-13-35(33)36/h5-8,10-21,31,36,39H,3-4,9,22-26H2,1-2H3/t31-/m1/s1. The Hall–Kier alpha value is -4.22. The molecule has 0 amide bonds. The number of unbranched alkanes of at least 4 members (excludes halogenated alkanes) is 1. The van der Waals surface area contributed by atoms with Gasteiger partial charge in [-0.25, -0.2) is 0 Å². The minimum absolute atomic E-state index is 0.00367. The first-order valence-corrected chi connectivity index (χ1v) is 15.4. The van der Waals surface area contributed by atoms with Crippen LogP contribution in [0.15, 0.2) is 97.1 Å². The van der Waals surface area contributed by atoms with Crippen LogP contribution < -0.4 is 5.32 Å². The van der Waals surface area contributed by atoms with E-state index in [-0.39, 0.29) is 30.9 Å². The fourth-order valence-corrected chi connectivity index (χ4v) is 5.91. The van der Waals surface area contributed by atoms with Gasteiger partial charge in [0.05, 0.1) is 19.4 Å². The van der Waals surface area contributed by atoms with E-state index in [2.05, 4.69) is 85.0 Å². The number of hydrogen-bond acceptors (Lipinski definition) is 5. The summed E-state index contributed by atoms with van der Waals surface area (Å²) in [5, 5.41) is 3.41. The molecule has 4 aromatic rings. The molecule has 1 aliphatic carbocycles. The summed E-state index contributed by atoms with van der Waals surface area (Å²) in [4.78, 5) is 25.4. The fraction of sp³-hybridized carbons (Fsp3) is 0.316. The van der Waals surface area contributed by atoms with Crippen molar-refractivity contribution in [2.24, 2.45) is 5.92 Å². The zero-order valence-corrected chi connectivity index (χ0v) is 25.2. The number of fused-ring (bicyclic) bond motifs is 3. The van der Waals surface area contributed by atoms with Crippen LogP contribution in [0.4, 0.5) is 0 Å². The van der Waals surface area contributed by atoms with Gasteiger partial charge in [-0.15, -0.1) is 0 Å². The molecule has 0 unspecified atom stereocenters. The summed E-state index contributed by atoms with van der Waals surface area (Å²) < 4.78 is 10.8. The third-order valence-corrected chi connectivity index (χ3v) is 8.38. The highest BCUT2D eigenvalue weighted by Crippen LogP contribution is 2.44. The second kappa shape index (κ2) is 14.8. The molecular weight excluding hydrogens is 534 g/mol. The van der Waals surface area contributed by atoms with Gasteiger partial charge >= 0.3 is 11.9 Å². The molecule has 1 aliphatic rings. The van der Waals surface area contributed by atoms with Gasteiger partial charge in [-0.1, -0.05) is 110 Å². The molecule has 1 atom stereocenters. The largest absolute Gasteiger partial charge is 0.469 e. The molecule has 222 valence electrons. The van der Waals surface area contributed by atoms with Crippen LogP contribution >= 0.6 is 0 Å². The second-order valence-electron chi connectivity index (χ2n) is 11.3. The summed E-state index contributed by atoms with van der Waals surface area (Å²) in [5.74, 6) is -1.34. The predicted octanol–water partition coefficient (Wildman–Crippen LogP) is 7.71. The number of methoxy groups -OCH3 is 1. The smallest absolute Gasteiger partial charge is 0.309 e. The maximum absolute atomic E-state index is 12.9. The lowest BCUT2D eigenvalue weighted by atomic mass is 9.98. The molecule has 0 saturated heterocycles. The van der Waals surface area contributed by atoms with E-state index >= 15 is 0 Å². The van der Waals surface area contributed by atoms with Crippen molar-refractivity contribution in [2.75, 3.05) is 20.3 Å². The Morgan fingerprint density at radius 3 is 1.95 bits per heavy atom. The van der Waals surface area contributed by atoms with Gasteiger partial charge in [0.25, 0.3) is 0 Å². The number of esters is 2. The molecule has 43 heavy (non-hydrogen) atoms. The Morgan fingerprint density at radius 2 is 1.37 bits per heavy atom. The van der Waals surface area contributed by atoms with Crippen LogP contribution in [0.2, 0.25) is 0 Å². The van der Waals surface area contributed by atoms with Crippen molar-refractivity contribution < 1.29 is 19.1 Å². The van der Waals surface area contributed by atoms with Crippen LogP contribution in [0.5, 0.6) is 0 Å². The van der Waals surface area contributed by atoms with E-state index in [0.717, 1.165) is 12.0 Å². The monoisotopic (exact) mass is 575 g/mol. The highest BCUT2D eigenvalue weighted by molar-refractivity contribution is 5.81. The summed E-state index contributed by atoms with van der Waals surface area (Å²) in [5.41, 5.74) is 9.66. The summed E-state index contributed by atoms with van der Waals surface area (Å²) in [6.07, 6.45) is 4.04. The molecule has 5 nitrogen and oxygen atoms in total. The maximum atomic E-state index is 12.9. The van der Waals surface area contributed by atoms with E-state index in [1.54, 1.807) is 0 Å². The minimum atomic E-state index is -0.559. The SMILES string of the molecule is CCCCc1ccc(-c2ccc(CNCC[C@H](CC(=O)OCC3c4ccccc4-c4ccccc43)C(=O)OC)cc2)cc1. The number of benzene rings is 4. The van der Waals surface area contributed by atoms with Crippen LogP contribution in [0.3, 0.4) is 0 Å². The second-order valence-corrected chi connectivity index (χ2v) is 11.3. The molecule has 5 rings (SSSR count). The molecule has 5 heteroatoms. The molecular formula is C38H41NO4. The van der Waals surface area contributed by atoms with Gasteiger partial charge in [0.15, 0.2) is 0 Å². The van der Waals surface area contributed by atoms with E-state index in [9.17, 15) is 9.59 Å². The Morgan fingerprint density at radius 1 is 0.791 bits per heavy atom. The van der Waals surface area contributed by atoms with Crippen molar-refractivity contribution >= 4 is 11.9 Å². The molecule has 0 heterocycles. The Labute approximate surface area is 255 Å². The van der Waals surface area contributed by atoms with E-state index in [1.165, 1.54) is 58.9 Å². The number of carbonyl (C=O) groups is 2. The highest BCUT2D eigenvalue weighted by atomic mass is 16.5. The molecule has 4 aromatic carbocycles. The first kappa shape index (κ1) is 30.2.